The Morgan fingerprint density at radius 2 is 1.30 bits per heavy atom. The van der Waals surface area contributed by atoms with E-state index in [0.29, 0.717) is 0 Å². The third kappa shape index (κ3) is 3.29. The maximum absolute atomic E-state index is 5.05. The van der Waals surface area contributed by atoms with Crippen LogP contribution in [0.5, 0.6) is 0 Å². The van der Waals surface area contributed by atoms with Crippen LogP contribution >= 0.6 is 0 Å². The van der Waals surface area contributed by atoms with Gasteiger partial charge >= 0.3 is 0 Å². The fraction of sp³-hybridized carbons (Fsp3) is 0.368. The molecule has 1 heterocycles. The Kier molecular flexibility index (Phi) is 4.17. The van der Waals surface area contributed by atoms with Crippen LogP contribution in [-0.4, -0.2) is 12.1 Å². The SMILES string of the molecule is c1ccc(CC2(Cc3ccccc3)CCCC[N]2)cc1. The molecule has 0 atom stereocenters. The average Bonchev–Trinajstić information content (AvgIpc) is 2.50. The minimum atomic E-state index is 0.112. The van der Waals surface area contributed by atoms with Crippen molar-refractivity contribution in [2.24, 2.45) is 0 Å². The molecule has 0 amide bonds. The van der Waals surface area contributed by atoms with Gasteiger partial charge in [0, 0.05) is 12.1 Å². The summed E-state index contributed by atoms with van der Waals surface area (Å²) in [5.41, 5.74) is 2.93. The van der Waals surface area contributed by atoms with Gasteiger partial charge in [0.05, 0.1) is 0 Å². The van der Waals surface area contributed by atoms with Crippen LogP contribution in [-0.2, 0) is 12.8 Å². The quantitative estimate of drug-likeness (QED) is 0.792. The predicted octanol–water partition coefficient (Wildman–Crippen LogP) is 4.00. The molecule has 0 aromatic heterocycles. The van der Waals surface area contributed by atoms with Crippen LogP contribution < -0.4 is 5.32 Å². The maximum Gasteiger partial charge on any atom is 0.0437 e. The minimum absolute atomic E-state index is 0.112. The fourth-order valence-corrected chi connectivity index (χ4v) is 3.26. The van der Waals surface area contributed by atoms with E-state index in [-0.39, 0.29) is 5.54 Å². The zero-order chi connectivity index (χ0) is 13.7. The number of benzene rings is 2. The summed E-state index contributed by atoms with van der Waals surface area (Å²) in [6, 6.07) is 21.6. The summed E-state index contributed by atoms with van der Waals surface area (Å²) in [4.78, 5) is 0. The van der Waals surface area contributed by atoms with E-state index in [4.69, 9.17) is 5.32 Å². The van der Waals surface area contributed by atoms with Crippen molar-refractivity contribution >= 4 is 0 Å². The molecule has 0 saturated carbocycles. The Morgan fingerprint density at radius 1 is 0.750 bits per heavy atom. The number of hydrogen-bond donors (Lipinski definition) is 0. The lowest BCUT2D eigenvalue weighted by molar-refractivity contribution is 0.242. The van der Waals surface area contributed by atoms with Crippen LogP contribution in [0.15, 0.2) is 60.7 Å². The molecule has 0 spiro atoms. The molecule has 20 heavy (non-hydrogen) atoms. The van der Waals surface area contributed by atoms with Crippen molar-refractivity contribution in [3.8, 4) is 0 Å². The molecule has 3 rings (SSSR count). The van der Waals surface area contributed by atoms with Crippen molar-refractivity contribution < 1.29 is 0 Å². The Hall–Kier alpha value is -1.60. The summed E-state index contributed by atoms with van der Waals surface area (Å²) in [6.45, 7) is 1.03. The average molecular weight is 264 g/mol. The summed E-state index contributed by atoms with van der Waals surface area (Å²) in [5.74, 6) is 0. The molecule has 2 aromatic rings. The van der Waals surface area contributed by atoms with Crippen LogP contribution in [0.1, 0.15) is 30.4 Å². The first-order valence-electron chi connectivity index (χ1n) is 7.63. The molecule has 1 nitrogen and oxygen atoms in total. The fourth-order valence-electron chi connectivity index (χ4n) is 3.26. The molecular weight excluding hydrogens is 242 g/mol. The second kappa shape index (κ2) is 6.23. The Balaban J connectivity index is 1.81. The van der Waals surface area contributed by atoms with E-state index in [1.807, 2.05) is 0 Å². The van der Waals surface area contributed by atoms with Gasteiger partial charge in [-0.3, -0.25) is 0 Å². The molecule has 0 N–H and O–H groups in total. The Morgan fingerprint density at radius 3 is 1.75 bits per heavy atom. The monoisotopic (exact) mass is 264 g/mol. The highest BCUT2D eigenvalue weighted by molar-refractivity contribution is 5.23. The Labute approximate surface area is 122 Å². The standard InChI is InChI=1S/C19H22N/c1-3-9-17(10-4-1)15-19(13-7-8-14-20-19)16-18-11-5-2-6-12-18/h1-6,9-12H,7-8,13-16H2. The van der Waals surface area contributed by atoms with Crippen LogP contribution in [0.25, 0.3) is 0 Å². The van der Waals surface area contributed by atoms with Gasteiger partial charge in [-0.05, 0) is 36.8 Å². The van der Waals surface area contributed by atoms with Gasteiger partial charge in [0.25, 0.3) is 0 Å². The van der Waals surface area contributed by atoms with Gasteiger partial charge in [0.15, 0.2) is 0 Å². The van der Waals surface area contributed by atoms with Crippen molar-refractivity contribution in [3.63, 3.8) is 0 Å². The van der Waals surface area contributed by atoms with Gasteiger partial charge in [-0.2, -0.15) is 0 Å². The van der Waals surface area contributed by atoms with E-state index in [9.17, 15) is 0 Å². The summed E-state index contributed by atoms with van der Waals surface area (Å²) in [7, 11) is 0. The van der Waals surface area contributed by atoms with Crippen molar-refractivity contribution in [1.82, 2.24) is 5.32 Å². The van der Waals surface area contributed by atoms with Crippen LogP contribution in [0.4, 0.5) is 0 Å². The van der Waals surface area contributed by atoms with Crippen LogP contribution in [0, 0.1) is 0 Å². The number of hydrogen-bond acceptors (Lipinski definition) is 0. The molecular formula is C19H22N. The van der Waals surface area contributed by atoms with Crippen molar-refractivity contribution in [1.29, 1.82) is 0 Å². The van der Waals surface area contributed by atoms with E-state index < -0.39 is 0 Å². The minimum Gasteiger partial charge on any atom is -0.234 e. The van der Waals surface area contributed by atoms with E-state index >= 15 is 0 Å². The lowest BCUT2D eigenvalue weighted by atomic mass is 9.78. The summed E-state index contributed by atoms with van der Waals surface area (Å²) < 4.78 is 0. The van der Waals surface area contributed by atoms with Gasteiger partial charge in [-0.25, -0.2) is 5.32 Å². The van der Waals surface area contributed by atoms with Crippen molar-refractivity contribution in [3.05, 3.63) is 71.8 Å². The van der Waals surface area contributed by atoms with Crippen LogP contribution in [0.2, 0.25) is 0 Å². The molecule has 0 aliphatic carbocycles. The highest BCUT2D eigenvalue weighted by Gasteiger charge is 2.33. The van der Waals surface area contributed by atoms with Crippen molar-refractivity contribution in [2.75, 3.05) is 6.54 Å². The first-order valence-corrected chi connectivity index (χ1v) is 7.63. The second-order valence-corrected chi connectivity index (χ2v) is 5.89. The van der Waals surface area contributed by atoms with E-state index in [0.717, 1.165) is 19.4 Å². The normalized spacial score (nSPS) is 17.8. The van der Waals surface area contributed by atoms with E-state index in [1.54, 1.807) is 0 Å². The largest absolute Gasteiger partial charge is 0.234 e. The first kappa shape index (κ1) is 13.4. The maximum atomic E-state index is 5.05. The van der Waals surface area contributed by atoms with Gasteiger partial charge in [0.1, 0.15) is 0 Å². The van der Waals surface area contributed by atoms with Gasteiger partial charge in [0.2, 0.25) is 0 Å². The molecule has 1 aliphatic rings. The van der Waals surface area contributed by atoms with Gasteiger partial charge in [-0.1, -0.05) is 67.1 Å². The first-order chi connectivity index (χ1) is 9.86. The molecule has 1 saturated heterocycles. The van der Waals surface area contributed by atoms with E-state index in [2.05, 4.69) is 60.7 Å². The zero-order valence-electron chi connectivity index (χ0n) is 12.0. The number of nitrogens with zero attached hydrogens (tertiary/aromatic N) is 1. The lowest BCUT2D eigenvalue weighted by Crippen LogP contribution is -2.47. The molecule has 103 valence electrons. The molecule has 1 fully saturated rings. The smallest absolute Gasteiger partial charge is 0.0437 e. The number of piperidine rings is 1. The number of rotatable bonds is 4. The molecule has 1 heteroatoms. The molecule has 1 aliphatic heterocycles. The molecule has 2 aromatic carbocycles. The zero-order valence-corrected chi connectivity index (χ0v) is 12.0. The third-order valence-electron chi connectivity index (χ3n) is 4.25. The Bertz CT molecular complexity index is 468. The third-order valence-corrected chi connectivity index (χ3v) is 4.25. The summed E-state index contributed by atoms with van der Waals surface area (Å²) in [5, 5.41) is 5.05. The van der Waals surface area contributed by atoms with Crippen LogP contribution in [0.3, 0.4) is 0 Å². The lowest BCUT2D eigenvalue weighted by Gasteiger charge is -2.37. The second-order valence-electron chi connectivity index (χ2n) is 5.89. The molecule has 0 bridgehead atoms. The van der Waals surface area contributed by atoms with Gasteiger partial charge in [-0.15, -0.1) is 0 Å². The summed E-state index contributed by atoms with van der Waals surface area (Å²) >= 11 is 0. The highest BCUT2D eigenvalue weighted by Crippen LogP contribution is 2.29. The topological polar surface area (TPSA) is 14.1 Å². The molecule has 0 unspecified atom stereocenters. The predicted molar refractivity (Wildman–Crippen MR) is 83.9 cm³/mol. The highest BCUT2D eigenvalue weighted by atomic mass is 15.0. The van der Waals surface area contributed by atoms with Crippen molar-refractivity contribution in [2.45, 2.75) is 37.6 Å². The summed E-state index contributed by atoms with van der Waals surface area (Å²) in [6.07, 6.45) is 5.93. The van der Waals surface area contributed by atoms with E-state index in [1.165, 1.54) is 30.4 Å². The van der Waals surface area contributed by atoms with Gasteiger partial charge < -0.3 is 0 Å². The molecule has 1 radical (unpaired) electrons.